The minimum absolute atomic E-state index is 0.115. The molecule has 0 amide bonds. The fourth-order valence-electron chi connectivity index (χ4n) is 2.27. The van der Waals surface area contributed by atoms with Crippen molar-refractivity contribution in [2.45, 2.75) is 19.9 Å². The predicted octanol–water partition coefficient (Wildman–Crippen LogP) is 2.53. The Bertz CT molecular complexity index is 510. The van der Waals surface area contributed by atoms with Gasteiger partial charge in [0.15, 0.2) is 0 Å². The highest BCUT2D eigenvalue weighted by Crippen LogP contribution is 2.30. The van der Waals surface area contributed by atoms with Crippen LogP contribution in [-0.4, -0.2) is 36.7 Å². The molecule has 0 radical (unpaired) electrons. The summed E-state index contributed by atoms with van der Waals surface area (Å²) in [6.07, 6.45) is 0. The molecule has 110 valence electrons. The van der Waals surface area contributed by atoms with E-state index in [1.165, 1.54) is 12.1 Å². The Hall–Kier alpha value is -1.43. The summed E-state index contributed by atoms with van der Waals surface area (Å²) < 4.78 is 19.1. The zero-order chi connectivity index (χ0) is 14.7. The molecule has 0 spiro atoms. The number of benzene rings is 1. The van der Waals surface area contributed by atoms with E-state index in [2.05, 4.69) is 0 Å². The summed E-state index contributed by atoms with van der Waals surface area (Å²) in [5.41, 5.74) is 6.49. The number of ether oxygens (including phenoxy) is 1. The lowest BCUT2D eigenvalue weighted by molar-refractivity contribution is 0.0527. The molecule has 4 nitrogen and oxygen atoms in total. The maximum atomic E-state index is 14.2. The Morgan fingerprint density at radius 3 is 3.00 bits per heavy atom. The lowest BCUT2D eigenvalue weighted by Gasteiger charge is -2.35. The summed E-state index contributed by atoms with van der Waals surface area (Å²) >= 11 is 1.85. The third-order valence-corrected chi connectivity index (χ3v) is 4.48. The van der Waals surface area contributed by atoms with Gasteiger partial charge in [-0.25, -0.2) is 9.18 Å². The zero-order valence-corrected chi connectivity index (χ0v) is 12.5. The quantitative estimate of drug-likeness (QED) is 0.686. The number of nitrogen functional groups attached to an aromatic ring is 1. The third kappa shape index (κ3) is 3.00. The van der Waals surface area contributed by atoms with Gasteiger partial charge in [-0.15, -0.1) is 0 Å². The summed E-state index contributed by atoms with van der Waals surface area (Å²) in [5.74, 6) is 0.987. The van der Waals surface area contributed by atoms with Crippen molar-refractivity contribution < 1.29 is 13.9 Å². The first-order chi connectivity index (χ1) is 9.54. The molecule has 0 bridgehead atoms. The minimum atomic E-state index is -0.509. The van der Waals surface area contributed by atoms with Gasteiger partial charge >= 0.3 is 5.97 Å². The van der Waals surface area contributed by atoms with Crippen LogP contribution < -0.4 is 10.6 Å². The number of rotatable bonds is 3. The summed E-state index contributed by atoms with van der Waals surface area (Å²) in [4.78, 5) is 13.8. The molecule has 1 aromatic carbocycles. The third-order valence-electron chi connectivity index (χ3n) is 3.29. The van der Waals surface area contributed by atoms with Crippen LogP contribution in [0, 0.1) is 5.82 Å². The molecule has 1 aliphatic heterocycles. The second-order valence-electron chi connectivity index (χ2n) is 4.73. The van der Waals surface area contributed by atoms with Crippen LogP contribution in [0.1, 0.15) is 24.2 Å². The van der Waals surface area contributed by atoms with Crippen molar-refractivity contribution in [3.63, 3.8) is 0 Å². The van der Waals surface area contributed by atoms with Crippen LogP contribution in [0.3, 0.4) is 0 Å². The van der Waals surface area contributed by atoms with Crippen LogP contribution in [0.2, 0.25) is 0 Å². The number of nitrogens with zero attached hydrogens (tertiary/aromatic N) is 1. The van der Waals surface area contributed by atoms with E-state index in [9.17, 15) is 9.18 Å². The van der Waals surface area contributed by atoms with Gasteiger partial charge < -0.3 is 15.4 Å². The van der Waals surface area contributed by atoms with Crippen molar-refractivity contribution in [3.05, 3.63) is 23.5 Å². The standard InChI is InChI=1S/C14H19FN2O2S/c1-3-19-14(18)10-6-13(11(15)7-12(10)16)17-4-5-20-8-9(17)2/h6-7,9H,3-5,8,16H2,1-2H3. The van der Waals surface area contributed by atoms with Crippen LogP contribution in [0.4, 0.5) is 15.8 Å². The van der Waals surface area contributed by atoms with Crippen LogP contribution in [0.25, 0.3) is 0 Å². The van der Waals surface area contributed by atoms with E-state index in [0.29, 0.717) is 5.69 Å². The van der Waals surface area contributed by atoms with Gasteiger partial charge in [-0.05, 0) is 26.0 Å². The molecular formula is C14H19FN2O2S. The zero-order valence-electron chi connectivity index (χ0n) is 11.7. The summed E-state index contributed by atoms with van der Waals surface area (Å²) in [7, 11) is 0. The van der Waals surface area contributed by atoms with Crippen molar-refractivity contribution in [2.24, 2.45) is 0 Å². The van der Waals surface area contributed by atoms with Gasteiger partial charge in [-0.1, -0.05) is 0 Å². The highest BCUT2D eigenvalue weighted by molar-refractivity contribution is 7.99. The number of halogens is 1. The molecule has 0 saturated carbocycles. The number of nitrogens with two attached hydrogens (primary N) is 1. The molecule has 1 aromatic rings. The van der Waals surface area contributed by atoms with Crippen LogP contribution in [0.15, 0.2) is 12.1 Å². The summed E-state index contributed by atoms with van der Waals surface area (Å²) in [6.45, 7) is 4.80. The minimum Gasteiger partial charge on any atom is -0.462 e. The van der Waals surface area contributed by atoms with E-state index >= 15 is 0 Å². The Morgan fingerprint density at radius 2 is 2.35 bits per heavy atom. The molecule has 6 heteroatoms. The fraction of sp³-hybridized carbons (Fsp3) is 0.500. The molecule has 1 fully saturated rings. The molecule has 2 N–H and O–H groups in total. The number of carbonyl (C=O) groups is 1. The lowest BCUT2D eigenvalue weighted by atomic mass is 10.1. The number of anilines is 2. The van der Waals surface area contributed by atoms with Crippen molar-refractivity contribution >= 4 is 29.1 Å². The first-order valence-electron chi connectivity index (χ1n) is 6.65. The smallest absolute Gasteiger partial charge is 0.340 e. The Morgan fingerprint density at radius 1 is 1.60 bits per heavy atom. The molecule has 1 heterocycles. The van der Waals surface area contributed by atoms with E-state index in [1.807, 2.05) is 23.6 Å². The summed E-state index contributed by atoms with van der Waals surface area (Å²) in [6, 6.07) is 2.94. The molecule has 1 saturated heterocycles. The first kappa shape index (κ1) is 15.0. The molecule has 0 aromatic heterocycles. The van der Waals surface area contributed by atoms with Gasteiger partial charge in [0.25, 0.3) is 0 Å². The normalized spacial score (nSPS) is 18.9. The van der Waals surface area contributed by atoms with Gasteiger partial charge in [0.2, 0.25) is 0 Å². The number of carbonyl (C=O) groups excluding carboxylic acids is 1. The lowest BCUT2D eigenvalue weighted by Crippen LogP contribution is -2.41. The fourth-order valence-corrected chi connectivity index (χ4v) is 3.28. The molecule has 2 rings (SSSR count). The molecule has 20 heavy (non-hydrogen) atoms. The highest BCUT2D eigenvalue weighted by Gasteiger charge is 2.24. The van der Waals surface area contributed by atoms with Gasteiger partial charge in [0.05, 0.1) is 17.9 Å². The van der Waals surface area contributed by atoms with Gasteiger partial charge in [0.1, 0.15) is 5.82 Å². The van der Waals surface area contributed by atoms with E-state index in [4.69, 9.17) is 10.5 Å². The number of hydrogen-bond acceptors (Lipinski definition) is 5. The van der Waals surface area contributed by atoms with Crippen LogP contribution in [0.5, 0.6) is 0 Å². The second kappa shape index (κ2) is 6.35. The monoisotopic (exact) mass is 298 g/mol. The first-order valence-corrected chi connectivity index (χ1v) is 7.80. The van der Waals surface area contributed by atoms with E-state index in [0.717, 1.165) is 18.1 Å². The number of hydrogen-bond donors (Lipinski definition) is 1. The van der Waals surface area contributed by atoms with Gasteiger partial charge in [-0.2, -0.15) is 11.8 Å². The SMILES string of the molecule is CCOC(=O)c1cc(N2CCSCC2C)c(F)cc1N. The topological polar surface area (TPSA) is 55.6 Å². The molecule has 1 atom stereocenters. The predicted molar refractivity (Wildman–Crippen MR) is 80.9 cm³/mol. The van der Waals surface area contributed by atoms with E-state index < -0.39 is 11.8 Å². The number of esters is 1. The number of thioether (sulfide) groups is 1. The Balaban J connectivity index is 2.37. The van der Waals surface area contributed by atoms with Crippen molar-refractivity contribution in [1.29, 1.82) is 0 Å². The van der Waals surface area contributed by atoms with Crippen molar-refractivity contribution in [3.8, 4) is 0 Å². The average molecular weight is 298 g/mol. The Labute approximate surface area is 122 Å². The van der Waals surface area contributed by atoms with E-state index in [-0.39, 0.29) is 23.9 Å². The second-order valence-corrected chi connectivity index (χ2v) is 5.88. The summed E-state index contributed by atoms with van der Waals surface area (Å²) in [5, 5.41) is 0. The Kier molecular flexibility index (Phi) is 4.75. The molecule has 1 aliphatic rings. The average Bonchev–Trinajstić information content (AvgIpc) is 2.40. The maximum Gasteiger partial charge on any atom is 0.340 e. The van der Waals surface area contributed by atoms with E-state index in [1.54, 1.807) is 6.92 Å². The molecule has 1 unspecified atom stereocenters. The van der Waals surface area contributed by atoms with Crippen molar-refractivity contribution in [2.75, 3.05) is 35.3 Å². The highest BCUT2D eigenvalue weighted by atomic mass is 32.2. The maximum absolute atomic E-state index is 14.2. The van der Waals surface area contributed by atoms with Gasteiger partial charge in [0, 0.05) is 29.8 Å². The van der Waals surface area contributed by atoms with Crippen molar-refractivity contribution in [1.82, 2.24) is 0 Å². The van der Waals surface area contributed by atoms with Gasteiger partial charge in [-0.3, -0.25) is 0 Å². The van der Waals surface area contributed by atoms with Crippen LogP contribution >= 0.6 is 11.8 Å². The van der Waals surface area contributed by atoms with Crippen LogP contribution in [-0.2, 0) is 4.74 Å². The largest absolute Gasteiger partial charge is 0.462 e. The molecule has 0 aliphatic carbocycles. The molecular weight excluding hydrogens is 279 g/mol.